The molecule has 1 atom stereocenters. The molecular weight excluding hydrogens is 340 g/mol. The van der Waals surface area contributed by atoms with Crippen LogP contribution in [0.25, 0.3) is 0 Å². The van der Waals surface area contributed by atoms with E-state index in [1.54, 1.807) is 7.05 Å². The van der Waals surface area contributed by atoms with Crippen molar-refractivity contribution >= 4 is 23.6 Å². The predicted molar refractivity (Wildman–Crippen MR) is 103 cm³/mol. The quantitative estimate of drug-likeness (QED) is 0.430. The molecule has 0 aromatic heterocycles. The lowest BCUT2D eigenvalue weighted by atomic mass is 10.1. The smallest absolute Gasteiger partial charge is 0.290 e. The second kappa shape index (κ2) is 9.60. The first-order chi connectivity index (χ1) is 12.0. The van der Waals surface area contributed by atoms with Crippen molar-refractivity contribution in [1.29, 1.82) is 0 Å². The Balaban J connectivity index is 2.05. The number of nitrogens with zero attached hydrogens (tertiary/aromatic N) is 3. The fourth-order valence-electron chi connectivity index (χ4n) is 2.63. The van der Waals surface area contributed by atoms with Gasteiger partial charge >= 0.3 is 0 Å². The molecule has 1 aliphatic heterocycles. The van der Waals surface area contributed by atoms with E-state index in [-0.39, 0.29) is 18.2 Å². The maximum Gasteiger partial charge on any atom is 0.290 e. The van der Waals surface area contributed by atoms with Crippen molar-refractivity contribution in [2.24, 2.45) is 15.7 Å². The van der Waals surface area contributed by atoms with Crippen LogP contribution in [0.1, 0.15) is 31.4 Å². The summed E-state index contributed by atoms with van der Waals surface area (Å²) in [6.07, 6.45) is 1.98. The number of ether oxygens (including phenoxy) is 1. The lowest BCUT2D eigenvalue weighted by Gasteiger charge is -2.28. The summed E-state index contributed by atoms with van der Waals surface area (Å²) >= 11 is 6.04. The number of guanidine groups is 1. The Hall–Kier alpha value is -1.83. The summed E-state index contributed by atoms with van der Waals surface area (Å²) in [4.78, 5) is 11.1. The first-order valence-electron chi connectivity index (χ1n) is 8.43. The molecule has 138 valence electrons. The molecule has 0 aliphatic carbocycles. The van der Waals surface area contributed by atoms with Gasteiger partial charge < -0.3 is 15.4 Å². The predicted octanol–water partition coefficient (Wildman–Crippen LogP) is 1.91. The summed E-state index contributed by atoms with van der Waals surface area (Å²) in [5, 5.41) is 0.677. The number of likely N-dealkylation sites (tertiary alicyclic amines) is 1. The number of aliphatic imine (C=N–C) groups is 2. The van der Waals surface area contributed by atoms with Gasteiger partial charge in [0, 0.05) is 25.2 Å². The van der Waals surface area contributed by atoms with Crippen LogP contribution < -0.4 is 16.6 Å². The Morgan fingerprint density at radius 1 is 1.40 bits per heavy atom. The van der Waals surface area contributed by atoms with Gasteiger partial charge in [0.05, 0.1) is 6.04 Å². The van der Waals surface area contributed by atoms with E-state index in [1.807, 2.05) is 31.2 Å². The summed E-state index contributed by atoms with van der Waals surface area (Å²) in [5.74, 6) is 0.361. The van der Waals surface area contributed by atoms with Gasteiger partial charge in [-0.1, -0.05) is 23.7 Å². The molecule has 0 spiro atoms. The van der Waals surface area contributed by atoms with Crippen molar-refractivity contribution in [2.45, 2.75) is 31.9 Å². The van der Waals surface area contributed by atoms with E-state index in [4.69, 9.17) is 22.1 Å². The van der Waals surface area contributed by atoms with Crippen LogP contribution in [-0.2, 0) is 4.74 Å². The number of piperidine rings is 1. The normalized spacial score (nSPS) is 18.9. The molecule has 0 saturated carbocycles. The van der Waals surface area contributed by atoms with Crippen molar-refractivity contribution in [3.05, 3.63) is 34.9 Å². The van der Waals surface area contributed by atoms with Crippen LogP contribution in [0, 0.1) is 0 Å². The van der Waals surface area contributed by atoms with Gasteiger partial charge in [0.2, 0.25) is 5.96 Å². The molecule has 8 heteroatoms. The van der Waals surface area contributed by atoms with E-state index in [1.165, 1.54) is 0 Å². The first kappa shape index (κ1) is 19.5. The fourth-order valence-corrected chi connectivity index (χ4v) is 2.83. The number of nitrogens with two attached hydrogens (primary N) is 1. The molecule has 1 aliphatic rings. The maximum atomic E-state index is 6.04. The average molecular weight is 367 g/mol. The Morgan fingerprint density at radius 2 is 2.12 bits per heavy atom. The van der Waals surface area contributed by atoms with E-state index in [0.717, 1.165) is 31.5 Å². The minimum Gasteiger partial charge on any atom is -0.462 e. The highest BCUT2D eigenvalue weighted by Crippen LogP contribution is 2.20. The summed E-state index contributed by atoms with van der Waals surface area (Å²) in [5.41, 5.74) is 12.7. The number of amidine groups is 1. The van der Waals surface area contributed by atoms with Crippen LogP contribution in [0.2, 0.25) is 5.02 Å². The number of nitrogens with one attached hydrogen (secondary N) is 2. The lowest BCUT2D eigenvalue weighted by Crippen LogP contribution is -2.38. The van der Waals surface area contributed by atoms with Gasteiger partial charge in [0.25, 0.3) is 6.02 Å². The zero-order chi connectivity index (χ0) is 18.2. The van der Waals surface area contributed by atoms with Gasteiger partial charge in [-0.25, -0.2) is 10.4 Å². The second-order valence-corrected chi connectivity index (χ2v) is 6.57. The molecule has 0 amide bonds. The van der Waals surface area contributed by atoms with Gasteiger partial charge in [0.15, 0.2) is 0 Å². The minimum atomic E-state index is -0.130. The Kier molecular flexibility index (Phi) is 7.49. The summed E-state index contributed by atoms with van der Waals surface area (Å²) in [6, 6.07) is 7.58. The van der Waals surface area contributed by atoms with Gasteiger partial charge in [-0.15, -0.1) is 0 Å². The monoisotopic (exact) mass is 366 g/mol. The zero-order valence-corrected chi connectivity index (χ0v) is 15.8. The molecule has 1 aromatic rings. The third-order valence-corrected chi connectivity index (χ3v) is 4.29. The minimum absolute atomic E-state index is 0.0983. The van der Waals surface area contributed by atoms with Crippen LogP contribution in [0.3, 0.4) is 0 Å². The summed E-state index contributed by atoms with van der Waals surface area (Å²) < 4.78 is 5.75. The topological polar surface area (TPSA) is 87.3 Å². The van der Waals surface area contributed by atoms with E-state index < -0.39 is 0 Å². The highest BCUT2D eigenvalue weighted by molar-refractivity contribution is 6.30. The van der Waals surface area contributed by atoms with Crippen LogP contribution in [0.15, 0.2) is 34.3 Å². The summed E-state index contributed by atoms with van der Waals surface area (Å²) in [7, 11) is 3.84. The van der Waals surface area contributed by atoms with Gasteiger partial charge in [-0.05, 0) is 44.5 Å². The van der Waals surface area contributed by atoms with E-state index in [2.05, 4.69) is 32.8 Å². The number of hydrogen-bond donors (Lipinski definition) is 3. The molecule has 1 fully saturated rings. The number of benzene rings is 1. The molecule has 4 N–H and O–H groups in total. The van der Waals surface area contributed by atoms with E-state index in [9.17, 15) is 0 Å². The van der Waals surface area contributed by atoms with Crippen molar-refractivity contribution in [3.63, 3.8) is 0 Å². The third-order valence-electron chi connectivity index (χ3n) is 4.05. The Morgan fingerprint density at radius 3 is 2.76 bits per heavy atom. The van der Waals surface area contributed by atoms with Gasteiger partial charge in [-0.3, -0.25) is 5.43 Å². The Bertz CT molecular complexity index is 613. The molecule has 2 rings (SSSR count). The van der Waals surface area contributed by atoms with E-state index >= 15 is 0 Å². The van der Waals surface area contributed by atoms with Crippen molar-refractivity contribution in [2.75, 3.05) is 27.2 Å². The lowest BCUT2D eigenvalue weighted by molar-refractivity contribution is 0.103. The molecule has 0 bridgehead atoms. The molecule has 25 heavy (non-hydrogen) atoms. The summed E-state index contributed by atoms with van der Waals surface area (Å²) in [6.45, 7) is 3.96. The molecule has 0 radical (unpaired) electrons. The van der Waals surface area contributed by atoms with Crippen molar-refractivity contribution in [3.8, 4) is 0 Å². The van der Waals surface area contributed by atoms with Gasteiger partial charge in [-0.2, -0.15) is 4.99 Å². The van der Waals surface area contributed by atoms with E-state index in [0.29, 0.717) is 11.0 Å². The fraction of sp³-hybridized carbons (Fsp3) is 0.529. The largest absolute Gasteiger partial charge is 0.462 e. The number of rotatable bonds is 4. The maximum absolute atomic E-state index is 6.04. The number of hydrogen-bond acceptors (Lipinski definition) is 4. The molecular formula is C17H27ClN6O. The zero-order valence-electron chi connectivity index (χ0n) is 15.0. The van der Waals surface area contributed by atoms with Crippen molar-refractivity contribution < 1.29 is 4.74 Å². The number of hydrazine groups is 1. The SMILES string of the molecule is CNNC(=NC(C)c1cccc(Cl)c1)N=C(N)OC1CCN(C)CC1. The molecule has 7 nitrogen and oxygen atoms in total. The standard InChI is InChI=1S/C17H27ClN6O/c1-12(13-5-4-6-14(18)11-13)21-17(23-20-2)22-16(19)25-15-7-9-24(3)10-8-15/h4-6,11-12,15,20H,7-10H2,1-3H3,(H3,19,21,22,23). The average Bonchev–Trinajstić information content (AvgIpc) is 2.57. The van der Waals surface area contributed by atoms with Crippen molar-refractivity contribution in [1.82, 2.24) is 15.8 Å². The van der Waals surface area contributed by atoms with Crippen LogP contribution >= 0.6 is 11.6 Å². The van der Waals surface area contributed by atoms with Crippen LogP contribution in [0.5, 0.6) is 0 Å². The van der Waals surface area contributed by atoms with Crippen LogP contribution in [0.4, 0.5) is 0 Å². The molecule has 1 unspecified atom stereocenters. The third kappa shape index (κ3) is 6.53. The highest BCUT2D eigenvalue weighted by Gasteiger charge is 2.18. The van der Waals surface area contributed by atoms with Crippen LogP contribution in [-0.4, -0.2) is 50.2 Å². The molecule has 1 saturated heterocycles. The highest BCUT2D eigenvalue weighted by atomic mass is 35.5. The molecule has 1 heterocycles. The number of halogens is 1. The Labute approximate surface area is 154 Å². The first-order valence-corrected chi connectivity index (χ1v) is 8.81. The molecule has 1 aromatic carbocycles. The second-order valence-electron chi connectivity index (χ2n) is 6.13. The van der Waals surface area contributed by atoms with Gasteiger partial charge in [0.1, 0.15) is 6.10 Å².